The van der Waals surface area contributed by atoms with Crippen LogP contribution in [0.15, 0.2) is 36.4 Å². The summed E-state index contributed by atoms with van der Waals surface area (Å²) >= 11 is 23.6. The van der Waals surface area contributed by atoms with Crippen molar-refractivity contribution in [2.45, 2.75) is 19.6 Å². The molecule has 0 radical (unpaired) electrons. The van der Waals surface area contributed by atoms with Crippen LogP contribution < -0.4 is 10.1 Å². The Morgan fingerprint density at radius 3 is 2.43 bits per heavy atom. The Bertz CT molecular complexity index is 721. The van der Waals surface area contributed by atoms with Crippen LogP contribution in [0.2, 0.25) is 20.1 Å². The van der Waals surface area contributed by atoms with Crippen molar-refractivity contribution in [3.05, 3.63) is 62.1 Å². The standard InChI is InChI=1S/C16H13Cl4NO2/c1-9(23-15-5-3-11(17)7-14(15)20)16(22)21-8-10-2-4-12(18)13(19)6-10/h2-7,9H,8H2,1H3,(H,21,22)/t9-/m1/s1. The highest BCUT2D eigenvalue weighted by atomic mass is 35.5. The Morgan fingerprint density at radius 2 is 1.78 bits per heavy atom. The molecule has 23 heavy (non-hydrogen) atoms. The summed E-state index contributed by atoms with van der Waals surface area (Å²) < 4.78 is 5.54. The van der Waals surface area contributed by atoms with Gasteiger partial charge in [-0.2, -0.15) is 0 Å². The third-order valence-corrected chi connectivity index (χ3v) is 4.29. The quantitative estimate of drug-likeness (QED) is 0.741. The molecule has 0 aliphatic rings. The molecule has 3 nitrogen and oxygen atoms in total. The minimum Gasteiger partial charge on any atom is -0.479 e. The van der Waals surface area contributed by atoms with E-state index in [9.17, 15) is 4.79 Å². The molecule has 0 bridgehead atoms. The first kappa shape index (κ1) is 18.2. The van der Waals surface area contributed by atoms with Crippen molar-refractivity contribution < 1.29 is 9.53 Å². The van der Waals surface area contributed by atoms with Gasteiger partial charge in [0, 0.05) is 11.6 Å². The largest absolute Gasteiger partial charge is 0.479 e. The smallest absolute Gasteiger partial charge is 0.261 e. The lowest BCUT2D eigenvalue weighted by atomic mass is 10.2. The topological polar surface area (TPSA) is 38.3 Å². The van der Waals surface area contributed by atoms with Gasteiger partial charge >= 0.3 is 0 Å². The zero-order valence-corrected chi connectivity index (χ0v) is 15.1. The van der Waals surface area contributed by atoms with Crippen molar-refractivity contribution >= 4 is 52.3 Å². The van der Waals surface area contributed by atoms with E-state index >= 15 is 0 Å². The summed E-state index contributed by atoms with van der Waals surface area (Å²) in [5, 5.41) is 4.52. The van der Waals surface area contributed by atoms with Crippen LogP contribution in [0.25, 0.3) is 0 Å². The Labute approximate surface area is 154 Å². The Morgan fingerprint density at radius 1 is 1.04 bits per heavy atom. The summed E-state index contributed by atoms with van der Waals surface area (Å²) in [7, 11) is 0. The Kier molecular flexibility index (Phi) is 6.42. The van der Waals surface area contributed by atoms with Crippen molar-refractivity contribution in [2.75, 3.05) is 0 Å². The SMILES string of the molecule is C[C@@H](Oc1ccc(Cl)cc1Cl)C(=O)NCc1ccc(Cl)c(Cl)c1. The third kappa shape index (κ3) is 5.18. The number of carbonyl (C=O) groups excluding carboxylic acids is 1. The van der Waals surface area contributed by atoms with Crippen LogP contribution in [0.1, 0.15) is 12.5 Å². The van der Waals surface area contributed by atoms with Crippen LogP contribution >= 0.6 is 46.4 Å². The summed E-state index contributed by atoms with van der Waals surface area (Å²) in [4.78, 5) is 12.1. The molecule has 0 spiro atoms. The molecule has 0 unspecified atom stereocenters. The molecule has 0 aliphatic heterocycles. The van der Waals surface area contributed by atoms with Gasteiger partial charge in [0.25, 0.3) is 5.91 Å². The lowest BCUT2D eigenvalue weighted by Crippen LogP contribution is -2.35. The molecule has 1 N–H and O–H groups in total. The Hall–Kier alpha value is -1.13. The van der Waals surface area contributed by atoms with Gasteiger partial charge < -0.3 is 10.1 Å². The van der Waals surface area contributed by atoms with Gasteiger partial charge in [0.15, 0.2) is 6.10 Å². The molecule has 0 aliphatic carbocycles. The van der Waals surface area contributed by atoms with E-state index in [2.05, 4.69) is 5.32 Å². The fourth-order valence-corrected chi connectivity index (χ4v) is 2.57. The molecule has 0 saturated carbocycles. The molecule has 2 aromatic rings. The van der Waals surface area contributed by atoms with Gasteiger partial charge in [-0.25, -0.2) is 0 Å². The van der Waals surface area contributed by atoms with E-state index in [-0.39, 0.29) is 5.91 Å². The average Bonchev–Trinajstić information content (AvgIpc) is 2.50. The zero-order valence-electron chi connectivity index (χ0n) is 12.1. The summed E-state index contributed by atoms with van der Waals surface area (Å²) in [6.07, 6.45) is -0.712. The van der Waals surface area contributed by atoms with Crippen LogP contribution in [-0.2, 0) is 11.3 Å². The van der Waals surface area contributed by atoms with E-state index in [0.717, 1.165) is 5.56 Å². The number of benzene rings is 2. The maximum Gasteiger partial charge on any atom is 0.261 e. The van der Waals surface area contributed by atoms with E-state index in [0.29, 0.717) is 32.4 Å². The second-order valence-corrected chi connectivity index (χ2v) is 6.46. The van der Waals surface area contributed by atoms with Crippen LogP contribution in [0, 0.1) is 0 Å². The maximum absolute atomic E-state index is 12.1. The highest BCUT2D eigenvalue weighted by Crippen LogP contribution is 2.28. The molecule has 0 heterocycles. The van der Waals surface area contributed by atoms with Gasteiger partial charge in [-0.15, -0.1) is 0 Å². The lowest BCUT2D eigenvalue weighted by Gasteiger charge is -2.16. The summed E-state index contributed by atoms with van der Waals surface area (Å²) in [6, 6.07) is 9.98. The van der Waals surface area contributed by atoms with Gasteiger partial charge in [-0.1, -0.05) is 52.5 Å². The van der Waals surface area contributed by atoms with Crippen LogP contribution in [-0.4, -0.2) is 12.0 Å². The molecule has 0 fully saturated rings. The van der Waals surface area contributed by atoms with Crippen LogP contribution in [0.3, 0.4) is 0 Å². The number of carbonyl (C=O) groups is 1. The first-order chi connectivity index (χ1) is 10.9. The highest BCUT2D eigenvalue weighted by molar-refractivity contribution is 6.42. The van der Waals surface area contributed by atoms with Gasteiger partial charge in [0.2, 0.25) is 0 Å². The predicted octanol–water partition coefficient (Wildman–Crippen LogP) is 5.38. The first-order valence-corrected chi connectivity index (χ1v) is 8.21. The van der Waals surface area contributed by atoms with E-state index in [1.54, 1.807) is 43.3 Å². The highest BCUT2D eigenvalue weighted by Gasteiger charge is 2.16. The second-order valence-electron chi connectivity index (χ2n) is 4.80. The predicted molar refractivity (Wildman–Crippen MR) is 94.9 cm³/mol. The van der Waals surface area contributed by atoms with E-state index in [4.69, 9.17) is 51.1 Å². The minimum atomic E-state index is -0.712. The van der Waals surface area contributed by atoms with Gasteiger partial charge in [-0.3, -0.25) is 4.79 Å². The monoisotopic (exact) mass is 391 g/mol. The van der Waals surface area contributed by atoms with E-state index in [1.807, 2.05) is 0 Å². The fourth-order valence-electron chi connectivity index (χ4n) is 1.80. The summed E-state index contributed by atoms with van der Waals surface area (Å²) in [6.45, 7) is 1.95. The van der Waals surface area contributed by atoms with E-state index in [1.165, 1.54) is 0 Å². The first-order valence-electron chi connectivity index (χ1n) is 6.70. The number of rotatable bonds is 5. The van der Waals surface area contributed by atoms with Crippen molar-refractivity contribution in [2.24, 2.45) is 0 Å². The molecule has 7 heteroatoms. The summed E-state index contributed by atoms with van der Waals surface area (Å²) in [5.41, 5.74) is 0.837. The molecule has 2 rings (SSSR count). The number of halogens is 4. The van der Waals surface area contributed by atoms with E-state index < -0.39 is 6.10 Å². The van der Waals surface area contributed by atoms with Gasteiger partial charge in [0.1, 0.15) is 5.75 Å². The van der Waals surface area contributed by atoms with Crippen LogP contribution in [0.5, 0.6) is 5.75 Å². The van der Waals surface area contributed by atoms with Crippen molar-refractivity contribution in [1.82, 2.24) is 5.32 Å². The number of ether oxygens (including phenoxy) is 1. The molecule has 1 amide bonds. The second kappa shape index (κ2) is 8.11. The van der Waals surface area contributed by atoms with Crippen molar-refractivity contribution in [3.8, 4) is 5.75 Å². The number of nitrogens with one attached hydrogen (secondary N) is 1. The molecular weight excluding hydrogens is 380 g/mol. The molecule has 122 valence electrons. The summed E-state index contributed by atoms with van der Waals surface area (Å²) in [5.74, 6) is 0.121. The third-order valence-electron chi connectivity index (χ3n) is 3.02. The average molecular weight is 393 g/mol. The molecule has 1 atom stereocenters. The molecule has 0 saturated heterocycles. The number of hydrogen-bond acceptors (Lipinski definition) is 2. The molecular formula is C16H13Cl4NO2. The zero-order chi connectivity index (χ0) is 17.0. The maximum atomic E-state index is 12.1. The number of amides is 1. The molecule has 0 aromatic heterocycles. The number of hydrogen-bond donors (Lipinski definition) is 1. The minimum absolute atomic E-state index is 0.276. The van der Waals surface area contributed by atoms with Crippen molar-refractivity contribution in [3.63, 3.8) is 0 Å². The Balaban J connectivity index is 1.93. The fraction of sp³-hybridized carbons (Fsp3) is 0.188. The lowest BCUT2D eigenvalue weighted by molar-refractivity contribution is -0.127. The molecule has 2 aromatic carbocycles. The van der Waals surface area contributed by atoms with Gasteiger partial charge in [0.05, 0.1) is 15.1 Å². The van der Waals surface area contributed by atoms with Gasteiger partial charge in [-0.05, 0) is 42.8 Å². The van der Waals surface area contributed by atoms with Crippen molar-refractivity contribution in [1.29, 1.82) is 0 Å². The normalized spacial score (nSPS) is 11.9. The van der Waals surface area contributed by atoms with Crippen LogP contribution in [0.4, 0.5) is 0 Å².